The number of anilines is 4. The first kappa shape index (κ1) is 23.7. The number of aliphatic hydroxyl groups is 1. The van der Waals surface area contributed by atoms with Gasteiger partial charge in [0.05, 0.1) is 28.7 Å². The van der Waals surface area contributed by atoms with Crippen molar-refractivity contribution in [2.45, 2.75) is 25.0 Å². The second-order valence-corrected chi connectivity index (χ2v) is 8.21. The van der Waals surface area contributed by atoms with Crippen LogP contribution in [0.5, 0.6) is 5.75 Å². The monoisotopic (exact) mass is 489 g/mol. The molecule has 0 radical (unpaired) electrons. The van der Waals surface area contributed by atoms with Gasteiger partial charge < -0.3 is 25.4 Å². The molecule has 178 valence electrons. The van der Waals surface area contributed by atoms with E-state index in [1.807, 2.05) is 17.9 Å². The molecule has 1 atom stereocenters. The molecule has 1 amide bonds. The third-order valence-corrected chi connectivity index (χ3v) is 5.29. The third-order valence-electron chi connectivity index (χ3n) is 5.21. The Labute approximate surface area is 199 Å². The molecule has 1 aliphatic rings. The van der Waals surface area contributed by atoms with Gasteiger partial charge in [-0.3, -0.25) is 9.78 Å². The van der Waals surface area contributed by atoms with E-state index >= 15 is 0 Å². The Morgan fingerprint density at radius 3 is 2.65 bits per heavy atom. The van der Waals surface area contributed by atoms with Crippen molar-refractivity contribution in [2.75, 3.05) is 28.6 Å². The van der Waals surface area contributed by atoms with E-state index in [0.717, 1.165) is 11.4 Å². The average Bonchev–Trinajstić information content (AvgIpc) is 3.21. The lowest BCUT2D eigenvalue weighted by Gasteiger charge is -2.22. The van der Waals surface area contributed by atoms with Crippen molar-refractivity contribution in [1.29, 1.82) is 0 Å². The van der Waals surface area contributed by atoms with Gasteiger partial charge in [-0.2, -0.15) is 0 Å². The van der Waals surface area contributed by atoms with Gasteiger partial charge in [-0.15, -0.1) is 8.78 Å². The minimum Gasteiger partial charge on any atom is -0.420 e. The van der Waals surface area contributed by atoms with Crippen molar-refractivity contribution in [2.24, 2.45) is 0 Å². The summed E-state index contributed by atoms with van der Waals surface area (Å²) in [5.74, 6) is 0.0258. The Hall–Kier alpha value is -3.50. The topological polar surface area (TPSA) is 99.6 Å². The summed E-state index contributed by atoms with van der Waals surface area (Å²) < 4.78 is 29.8. The zero-order chi connectivity index (χ0) is 24.3. The number of hydrogen-bond acceptors (Lipinski definition) is 7. The molecule has 0 unspecified atom stereocenters. The van der Waals surface area contributed by atoms with Crippen LogP contribution in [0.25, 0.3) is 0 Å². The van der Waals surface area contributed by atoms with E-state index in [0.29, 0.717) is 36.7 Å². The number of hydrogen-bond donors (Lipinski definition) is 3. The number of rotatable bonds is 7. The predicted molar refractivity (Wildman–Crippen MR) is 125 cm³/mol. The number of aromatic nitrogens is 2. The maximum absolute atomic E-state index is 12.9. The summed E-state index contributed by atoms with van der Waals surface area (Å²) in [5.41, 5.74) is -1.05. The highest BCUT2D eigenvalue weighted by Crippen LogP contribution is 2.31. The van der Waals surface area contributed by atoms with Gasteiger partial charge in [0.25, 0.3) is 5.91 Å². The molecule has 3 aromatic rings. The molecule has 0 spiro atoms. The average molecular weight is 490 g/mol. The number of benzene rings is 1. The number of aryl methyl sites for hydroxylation is 1. The highest BCUT2D eigenvalue weighted by molar-refractivity contribution is 6.20. The first-order valence-corrected chi connectivity index (χ1v) is 10.8. The quantitative estimate of drug-likeness (QED) is 0.419. The van der Waals surface area contributed by atoms with Crippen LogP contribution in [-0.4, -0.2) is 45.7 Å². The molecule has 8 nitrogen and oxygen atoms in total. The number of amides is 1. The number of carbonyl (C=O) groups excluding carboxylic acids is 1. The standard InChI is InChI=1S/C23H22ClF2N5O3/c1-14-19(3-2-9-27-14)30-20-11-15(12-28-21(20)31-10-8-17(32)13-31)22(33)29-16-4-6-18(7-5-16)34-23(24,25)26/h2-7,9,11-12,17,30,32H,8,10,13H2,1H3,(H,29,33)/t17-/m1/s1. The SMILES string of the molecule is Cc1ncccc1Nc1cc(C(=O)Nc2ccc(OC(F)(F)Cl)cc2)cnc1N1CC[C@@H](O)C1. The van der Waals surface area contributed by atoms with Crippen molar-refractivity contribution in [3.05, 3.63) is 66.1 Å². The zero-order valence-corrected chi connectivity index (χ0v) is 18.9. The number of aliphatic hydroxyl groups excluding tert-OH is 1. The largest absolute Gasteiger partial charge is 0.487 e. The summed E-state index contributed by atoms with van der Waals surface area (Å²) >= 11 is 4.76. The van der Waals surface area contributed by atoms with E-state index in [1.54, 1.807) is 18.3 Å². The Balaban J connectivity index is 1.56. The van der Waals surface area contributed by atoms with Crippen LogP contribution in [0.3, 0.4) is 0 Å². The van der Waals surface area contributed by atoms with Gasteiger partial charge >= 0.3 is 5.57 Å². The van der Waals surface area contributed by atoms with Gasteiger partial charge in [-0.1, -0.05) is 0 Å². The molecule has 3 heterocycles. The van der Waals surface area contributed by atoms with Gasteiger partial charge in [0.15, 0.2) is 5.82 Å². The highest BCUT2D eigenvalue weighted by atomic mass is 35.5. The van der Waals surface area contributed by atoms with Crippen molar-refractivity contribution < 1.29 is 23.4 Å². The number of β-amino-alcohol motifs (C(OH)–C–C–N with tert-alkyl or cyclic N) is 1. The molecule has 4 rings (SSSR count). The fourth-order valence-electron chi connectivity index (χ4n) is 3.56. The Kier molecular flexibility index (Phi) is 6.80. The van der Waals surface area contributed by atoms with Crippen LogP contribution < -0.4 is 20.3 Å². The molecular weight excluding hydrogens is 468 g/mol. The minimum atomic E-state index is -3.82. The molecule has 0 aliphatic carbocycles. The number of nitrogens with one attached hydrogen (secondary N) is 2. The first-order chi connectivity index (χ1) is 16.2. The third kappa shape index (κ3) is 5.89. The van der Waals surface area contributed by atoms with E-state index in [4.69, 9.17) is 11.6 Å². The summed E-state index contributed by atoms with van der Waals surface area (Å²) in [5, 5.41) is 15.9. The van der Waals surface area contributed by atoms with Gasteiger partial charge in [0.2, 0.25) is 0 Å². The van der Waals surface area contributed by atoms with Gasteiger partial charge in [0.1, 0.15) is 5.75 Å². The molecule has 3 N–H and O–H groups in total. The molecule has 1 aromatic carbocycles. The van der Waals surface area contributed by atoms with Crippen LogP contribution in [-0.2, 0) is 0 Å². The van der Waals surface area contributed by atoms with Crippen LogP contribution in [0, 0.1) is 6.92 Å². The summed E-state index contributed by atoms with van der Waals surface area (Å²) in [6.45, 7) is 2.93. The Morgan fingerprint density at radius 2 is 2.00 bits per heavy atom. The number of ether oxygens (including phenoxy) is 1. The maximum Gasteiger partial charge on any atom is 0.487 e. The summed E-state index contributed by atoms with van der Waals surface area (Å²) in [6, 6.07) is 10.7. The van der Waals surface area contributed by atoms with Crippen molar-refractivity contribution in [3.8, 4) is 5.75 Å². The lowest BCUT2D eigenvalue weighted by atomic mass is 10.2. The normalized spacial score (nSPS) is 15.8. The maximum atomic E-state index is 12.9. The van der Waals surface area contributed by atoms with Crippen LogP contribution in [0.15, 0.2) is 54.9 Å². The van der Waals surface area contributed by atoms with Crippen molar-refractivity contribution in [1.82, 2.24) is 9.97 Å². The fraction of sp³-hybridized carbons (Fsp3) is 0.261. The van der Waals surface area contributed by atoms with Crippen LogP contribution in [0.1, 0.15) is 22.5 Å². The minimum absolute atomic E-state index is 0.143. The molecule has 1 fully saturated rings. The molecule has 0 bridgehead atoms. The van der Waals surface area contributed by atoms with Crippen LogP contribution in [0.2, 0.25) is 0 Å². The van der Waals surface area contributed by atoms with Crippen molar-refractivity contribution in [3.63, 3.8) is 0 Å². The zero-order valence-electron chi connectivity index (χ0n) is 18.1. The molecule has 2 aromatic heterocycles. The Bertz CT molecular complexity index is 1170. The van der Waals surface area contributed by atoms with Crippen LogP contribution in [0.4, 0.5) is 31.7 Å². The number of pyridine rings is 2. The number of halogens is 3. The van der Waals surface area contributed by atoms with E-state index < -0.39 is 17.6 Å². The molecule has 1 aliphatic heterocycles. The molecule has 1 saturated heterocycles. The summed E-state index contributed by atoms with van der Waals surface area (Å²) in [6.07, 6.45) is 3.32. The number of nitrogens with zero attached hydrogens (tertiary/aromatic N) is 3. The van der Waals surface area contributed by atoms with E-state index in [2.05, 4.69) is 25.3 Å². The smallest absolute Gasteiger partial charge is 0.420 e. The predicted octanol–water partition coefficient (Wildman–Crippen LogP) is 4.52. The summed E-state index contributed by atoms with van der Waals surface area (Å²) in [4.78, 5) is 23.6. The van der Waals surface area contributed by atoms with E-state index in [9.17, 15) is 18.7 Å². The fourth-order valence-corrected chi connectivity index (χ4v) is 3.65. The number of alkyl halides is 3. The molecule has 34 heavy (non-hydrogen) atoms. The van der Waals surface area contributed by atoms with E-state index in [-0.39, 0.29) is 11.3 Å². The second-order valence-electron chi connectivity index (χ2n) is 7.77. The van der Waals surface area contributed by atoms with E-state index in [1.165, 1.54) is 30.5 Å². The lowest BCUT2D eigenvalue weighted by Crippen LogP contribution is -2.24. The second kappa shape index (κ2) is 9.78. The first-order valence-electron chi connectivity index (χ1n) is 10.5. The lowest BCUT2D eigenvalue weighted by molar-refractivity contribution is -0.0964. The van der Waals surface area contributed by atoms with Gasteiger partial charge in [-0.25, -0.2) is 4.98 Å². The van der Waals surface area contributed by atoms with Crippen molar-refractivity contribution >= 4 is 40.4 Å². The van der Waals surface area contributed by atoms with Gasteiger partial charge in [0, 0.05) is 42.8 Å². The molecular formula is C23H22ClF2N5O3. The number of carbonyl (C=O) groups is 1. The van der Waals surface area contributed by atoms with Gasteiger partial charge in [-0.05, 0) is 55.8 Å². The Morgan fingerprint density at radius 1 is 1.24 bits per heavy atom. The van der Waals surface area contributed by atoms with Crippen LogP contribution >= 0.6 is 11.6 Å². The highest BCUT2D eigenvalue weighted by Gasteiger charge is 2.27. The molecule has 0 saturated carbocycles. The molecule has 11 heteroatoms. The summed E-state index contributed by atoms with van der Waals surface area (Å²) in [7, 11) is 0.